The predicted molar refractivity (Wildman–Crippen MR) is 79.2 cm³/mol. The van der Waals surface area contributed by atoms with Crippen molar-refractivity contribution in [1.29, 1.82) is 0 Å². The summed E-state index contributed by atoms with van der Waals surface area (Å²) in [5.41, 5.74) is -0.460. The van der Waals surface area contributed by atoms with Crippen molar-refractivity contribution in [3.8, 4) is 0 Å². The lowest BCUT2D eigenvalue weighted by atomic mass is 9.79. The van der Waals surface area contributed by atoms with Gasteiger partial charge in [0.2, 0.25) is 0 Å². The van der Waals surface area contributed by atoms with Crippen molar-refractivity contribution < 1.29 is 9.90 Å². The molecule has 110 valence electrons. The van der Waals surface area contributed by atoms with Crippen LogP contribution in [0.5, 0.6) is 0 Å². The number of hydrogen-bond acceptors (Lipinski definition) is 3. The molecule has 0 bridgehead atoms. The average Bonchev–Trinajstić information content (AvgIpc) is 2.43. The summed E-state index contributed by atoms with van der Waals surface area (Å²) in [6.07, 6.45) is 4.78. The summed E-state index contributed by atoms with van der Waals surface area (Å²) in [5, 5.41) is 13.6. The second-order valence-electron chi connectivity index (χ2n) is 5.59. The first kappa shape index (κ1) is 15.5. The smallest absolute Gasteiger partial charge is 0.253 e. The van der Waals surface area contributed by atoms with Gasteiger partial charge in [0.05, 0.1) is 16.2 Å². The maximum Gasteiger partial charge on any atom is 0.253 e. The number of hydrogen-bond donors (Lipinski definition) is 2. The number of carbonyl (C=O) groups is 1. The summed E-state index contributed by atoms with van der Waals surface area (Å²) in [5.74, 6) is 0.341. The molecule has 1 aromatic rings. The highest BCUT2D eigenvalue weighted by Crippen LogP contribution is 2.31. The summed E-state index contributed by atoms with van der Waals surface area (Å²) in [6.45, 7) is 2.43. The van der Waals surface area contributed by atoms with Crippen LogP contribution in [0.3, 0.4) is 0 Å². The van der Waals surface area contributed by atoms with Crippen LogP contribution in [0, 0.1) is 5.92 Å². The normalized spacial score (nSPS) is 26.3. The minimum Gasteiger partial charge on any atom is -0.388 e. The molecule has 1 saturated carbocycles. The van der Waals surface area contributed by atoms with Crippen LogP contribution in [-0.2, 0) is 0 Å². The number of rotatable bonds is 3. The third kappa shape index (κ3) is 3.84. The van der Waals surface area contributed by atoms with Crippen molar-refractivity contribution in [2.75, 3.05) is 6.54 Å². The van der Waals surface area contributed by atoms with Crippen LogP contribution >= 0.6 is 23.2 Å². The molecular weight excluding hydrogens is 299 g/mol. The average molecular weight is 317 g/mol. The second kappa shape index (κ2) is 6.29. The largest absolute Gasteiger partial charge is 0.388 e. The van der Waals surface area contributed by atoms with Gasteiger partial charge in [-0.05, 0) is 37.7 Å². The Morgan fingerprint density at radius 1 is 1.50 bits per heavy atom. The van der Waals surface area contributed by atoms with Crippen LogP contribution in [0.1, 0.15) is 43.0 Å². The van der Waals surface area contributed by atoms with E-state index in [1.807, 2.05) is 0 Å². The van der Waals surface area contributed by atoms with Crippen molar-refractivity contribution in [3.63, 3.8) is 0 Å². The van der Waals surface area contributed by atoms with Crippen molar-refractivity contribution in [1.82, 2.24) is 10.3 Å². The van der Waals surface area contributed by atoms with Crippen LogP contribution in [-0.4, -0.2) is 28.1 Å². The summed E-state index contributed by atoms with van der Waals surface area (Å²) in [6, 6.07) is 1.47. The zero-order valence-corrected chi connectivity index (χ0v) is 12.8. The Labute approximate surface area is 128 Å². The van der Waals surface area contributed by atoms with E-state index < -0.39 is 5.60 Å². The molecule has 2 N–H and O–H groups in total. The molecule has 0 saturated heterocycles. The number of pyridine rings is 1. The monoisotopic (exact) mass is 316 g/mol. The maximum absolute atomic E-state index is 12.0. The zero-order chi connectivity index (χ0) is 14.8. The van der Waals surface area contributed by atoms with E-state index in [1.54, 1.807) is 0 Å². The van der Waals surface area contributed by atoms with Crippen molar-refractivity contribution >= 4 is 29.1 Å². The third-order valence-corrected chi connectivity index (χ3v) is 4.53. The first-order valence-electron chi connectivity index (χ1n) is 6.71. The molecule has 20 heavy (non-hydrogen) atoms. The van der Waals surface area contributed by atoms with Crippen molar-refractivity contribution in [2.45, 2.75) is 38.2 Å². The van der Waals surface area contributed by atoms with Gasteiger partial charge in [0.1, 0.15) is 5.15 Å². The van der Waals surface area contributed by atoms with E-state index in [9.17, 15) is 9.90 Å². The molecule has 6 heteroatoms. The Hall–Kier alpha value is -0.840. The lowest BCUT2D eigenvalue weighted by Gasteiger charge is -2.34. The number of carbonyl (C=O) groups excluding carboxylic acids is 1. The van der Waals surface area contributed by atoms with Crippen molar-refractivity contribution in [3.05, 3.63) is 28.0 Å². The number of aliphatic hydroxyl groups is 1. The van der Waals surface area contributed by atoms with Gasteiger partial charge in [0, 0.05) is 12.7 Å². The molecule has 0 atom stereocenters. The van der Waals surface area contributed by atoms with Crippen LogP contribution in [0.15, 0.2) is 12.3 Å². The number of nitrogens with zero attached hydrogens (tertiary/aromatic N) is 1. The van der Waals surface area contributed by atoms with E-state index in [-0.39, 0.29) is 22.6 Å². The molecule has 1 aromatic heterocycles. The molecule has 1 aliphatic carbocycles. The van der Waals surface area contributed by atoms with Gasteiger partial charge in [-0.3, -0.25) is 4.79 Å². The first-order valence-corrected chi connectivity index (χ1v) is 7.47. The summed E-state index contributed by atoms with van der Waals surface area (Å²) < 4.78 is 0. The molecule has 2 rings (SSSR count). The quantitative estimate of drug-likeness (QED) is 0.842. The van der Waals surface area contributed by atoms with E-state index in [0.717, 1.165) is 12.8 Å². The molecule has 1 aliphatic rings. The fourth-order valence-corrected chi connectivity index (χ4v) is 2.64. The van der Waals surface area contributed by atoms with Gasteiger partial charge in [-0.1, -0.05) is 30.1 Å². The predicted octanol–water partition coefficient (Wildman–Crippen LogP) is 3.06. The van der Waals surface area contributed by atoms with E-state index in [1.165, 1.54) is 12.3 Å². The number of amides is 1. The molecule has 0 aromatic carbocycles. The first-order chi connectivity index (χ1) is 9.39. The molecule has 0 aliphatic heterocycles. The van der Waals surface area contributed by atoms with Crippen LogP contribution in [0.2, 0.25) is 10.2 Å². The fourth-order valence-electron chi connectivity index (χ4n) is 2.37. The molecule has 1 fully saturated rings. The summed E-state index contributed by atoms with van der Waals surface area (Å²) in [4.78, 5) is 15.8. The van der Waals surface area contributed by atoms with Gasteiger partial charge in [-0.15, -0.1) is 0 Å². The molecule has 4 nitrogen and oxygen atoms in total. The molecule has 1 heterocycles. The topological polar surface area (TPSA) is 62.2 Å². The highest BCUT2D eigenvalue weighted by molar-refractivity contribution is 6.41. The van der Waals surface area contributed by atoms with Crippen LogP contribution < -0.4 is 5.32 Å². The fraction of sp³-hybridized carbons (Fsp3) is 0.571. The van der Waals surface area contributed by atoms with Gasteiger partial charge in [0.15, 0.2) is 0 Å². The van der Waals surface area contributed by atoms with Crippen LogP contribution in [0.25, 0.3) is 0 Å². The third-order valence-electron chi connectivity index (χ3n) is 3.84. The highest BCUT2D eigenvalue weighted by atomic mass is 35.5. The highest BCUT2D eigenvalue weighted by Gasteiger charge is 2.32. The Kier molecular flexibility index (Phi) is 4.89. The Bertz CT molecular complexity index is 500. The molecule has 0 spiro atoms. The Morgan fingerprint density at radius 3 is 2.75 bits per heavy atom. The van der Waals surface area contributed by atoms with Crippen molar-refractivity contribution in [2.24, 2.45) is 5.92 Å². The van der Waals surface area contributed by atoms with E-state index >= 15 is 0 Å². The zero-order valence-electron chi connectivity index (χ0n) is 11.3. The van der Waals surface area contributed by atoms with Gasteiger partial charge in [-0.25, -0.2) is 4.98 Å². The van der Waals surface area contributed by atoms with E-state index in [4.69, 9.17) is 23.2 Å². The Balaban J connectivity index is 1.93. The lowest BCUT2D eigenvalue weighted by molar-refractivity contribution is -0.00540. The second-order valence-corrected chi connectivity index (χ2v) is 6.35. The van der Waals surface area contributed by atoms with Crippen LogP contribution in [0.4, 0.5) is 0 Å². The SMILES string of the molecule is CC1CCC(O)(CNC(=O)c2cnc(Cl)c(Cl)c2)CC1. The summed E-state index contributed by atoms with van der Waals surface area (Å²) in [7, 11) is 0. The van der Waals surface area contributed by atoms with Gasteiger partial charge in [0.25, 0.3) is 5.91 Å². The van der Waals surface area contributed by atoms with E-state index in [0.29, 0.717) is 24.3 Å². The number of halogens is 2. The minimum absolute atomic E-state index is 0.170. The molecule has 0 unspecified atom stereocenters. The minimum atomic E-state index is -0.800. The maximum atomic E-state index is 12.0. The van der Waals surface area contributed by atoms with E-state index in [2.05, 4.69) is 17.2 Å². The molecule has 0 radical (unpaired) electrons. The Morgan fingerprint density at radius 2 is 2.15 bits per heavy atom. The van der Waals surface area contributed by atoms with Gasteiger partial charge >= 0.3 is 0 Å². The summed E-state index contributed by atoms with van der Waals surface area (Å²) >= 11 is 11.5. The van der Waals surface area contributed by atoms with Gasteiger partial charge < -0.3 is 10.4 Å². The van der Waals surface area contributed by atoms with Gasteiger partial charge in [-0.2, -0.15) is 0 Å². The standard InChI is InChI=1S/C14H18Cl2N2O2/c1-9-2-4-14(20,5-3-9)8-18-13(19)10-6-11(15)12(16)17-7-10/h6-7,9,20H,2-5,8H2,1H3,(H,18,19). The molecular formula is C14H18Cl2N2O2. The molecule has 1 amide bonds. The lowest BCUT2D eigenvalue weighted by Crippen LogP contribution is -2.45. The number of nitrogens with one attached hydrogen (secondary N) is 1. The number of aromatic nitrogens is 1.